The number of fused-ring (bicyclic) bond motifs is 1. The third-order valence-electron chi connectivity index (χ3n) is 11.7. The number of nitrogens with zero attached hydrogens (tertiary/aromatic N) is 4. The highest BCUT2D eigenvalue weighted by atomic mass is 16.6. The quantitative estimate of drug-likeness (QED) is 0.182. The second kappa shape index (κ2) is 17.2. The van der Waals surface area contributed by atoms with Crippen LogP contribution in [-0.4, -0.2) is 49.1 Å². The van der Waals surface area contributed by atoms with E-state index in [0.717, 1.165) is 32.1 Å². The van der Waals surface area contributed by atoms with Gasteiger partial charge in [0, 0.05) is 28.9 Å². The van der Waals surface area contributed by atoms with Gasteiger partial charge in [0.1, 0.15) is 34.7 Å². The van der Waals surface area contributed by atoms with Gasteiger partial charge in [0.2, 0.25) is 5.91 Å². The minimum absolute atomic E-state index is 0.0657. The summed E-state index contributed by atoms with van der Waals surface area (Å²) >= 11 is 0. The Bertz CT molecular complexity index is 2050. The van der Waals surface area contributed by atoms with E-state index in [2.05, 4.69) is 71.8 Å². The molecule has 1 saturated carbocycles. The molecule has 1 fully saturated rings. The van der Waals surface area contributed by atoms with E-state index >= 15 is 0 Å². The predicted molar refractivity (Wildman–Crippen MR) is 231 cm³/mol. The van der Waals surface area contributed by atoms with Crippen molar-refractivity contribution in [2.45, 2.75) is 179 Å². The minimum atomic E-state index is -0.805. The number of ether oxygens (including phenoxy) is 2. The average molecular weight is 801 g/mol. The molecule has 4 rings (SSSR count). The SMILES string of the molecule is CCCCC(CC)C(=O)Nc1[nH]c(C=c2c(C#N)c(C(=O)OC3C(C(C)(C)C)CC(C)CC3C(C)(C)C)c3nc(C(C)(C)C)nn23)c(C(C)C)c1C(=O)OC(C)(C)C. The predicted octanol–water partition coefficient (Wildman–Crippen LogP) is 10.3. The van der Waals surface area contributed by atoms with Crippen LogP contribution in [-0.2, 0) is 19.7 Å². The van der Waals surface area contributed by atoms with Gasteiger partial charge in [-0.25, -0.2) is 19.1 Å². The number of carbonyl (C=O) groups excluding carboxylic acids is 3. The summed E-state index contributed by atoms with van der Waals surface area (Å²) in [7, 11) is 0. The summed E-state index contributed by atoms with van der Waals surface area (Å²) in [6.45, 7) is 34.9. The number of carbonyl (C=O) groups is 3. The zero-order chi connectivity index (χ0) is 43.9. The number of nitriles is 1. The number of hydrogen-bond acceptors (Lipinski definition) is 8. The van der Waals surface area contributed by atoms with Crippen molar-refractivity contribution >= 4 is 35.4 Å². The van der Waals surface area contributed by atoms with Gasteiger partial charge in [-0.05, 0) is 80.8 Å². The molecule has 3 aromatic rings. The average Bonchev–Trinajstić information content (AvgIpc) is 3.75. The molecule has 11 nitrogen and oxygen atoms in total. The minimum Gasteiger partial charge on any atom is -0.458 e. The maximum Gasteiger partial charge on any atom is 0.343 e. The van der Waals surface area contributed by atoms with Crippen LogP contribution in [0.4, 0.5) is 5.82 Å². The van der Waals surface area contributed by atoms with Gasteiger partial charge in [-0.1, -0.05) is 110 Å². The van der Waals surface area contributed by atoms with E-state index in [1.807, 2.05) is 41.5 Å². The highest BCUT2D eigenvalue weighted by Gasteiger charge is 2.48. The number of esters is 2. The van der Waals surface area contributed by atoms with Crippen LogP contribution in [0.2, 0.25) is 0 Å². The second-order valence-electron chi connectivity index (χ2n) is 21.3. The van der Waals surface area contributed by atoms with E-state index in [4.69, 9.17) is 19.6 Å². The Hall–Kier alpha value is -4.20. The lowest BCUT2D eigenvalue weighted by molar-refractivity contribution is -0.120. The molecule has 3 unspecified atom stereocenters. The molecular weight excluding hydrogens is 729 g/mol. The third kappa shape index (κ3) is 10.1. The fourth-order valence-corrected chi connectivity index (χ4v) is 8.51. The normalized spacial score (nSPS) is 20.3. The lowest BCUT2D eigenvalue weighted by Crippen LogP contribution is -2.49. The Labute approximate surface area is 347 Å². The molecule has 1 aliphatic carbocycles. The van der Waals surface area contributed by atoms with E-state index in [0.29, 0.717) is 34.8 Å². The topological polar surface area (TPSA) is 151 Å². The number of anilines is 1. The van der Waals surface area contributed by atoms with E-state index in [1.165, 1.54) is 0 Å². The van der Waals surface area contributed by atoms with Gasteiger partial charge in [0.05, 0.1) is 10.9 Å². The van der Waals surface area contributed by atoms with Crippen molar-refractivity contribution in [1.82, 2.24) is 19.6 Å². The molecular formula is C47H72N6O5. The van der Waals surface area contributed by atoms with Gasteiger partial charge in [0.25, 0.3) is 0 Å². The highest BCUT2D eigenvalue weighted by Crippen LogP contribution is 2.50. The molecule has 11 heteroatoms. The molecule has 0 spiro atoms. The molecule has 2 N–H and O–H groups in total. The molecule has 0 aliphatic heterocycles. The van der Waals surface area contributed by atoms with E-state index in [-0.39, 0.29) is 74.7 Å². The number of aromatic amines is 1. The Balaban J connectivity index is 2.03. The number of nitrogens with one attached hydrogen (secondary N) is 2. The molecule has 0 bridgehead atoms. The molecule has 3 heterocycles. The van der Waals surface area contributed by atoms with Crippen molar-refractivity contribution in [2.24, 2.45) is 34.5 Å². The highest BCUT2D eigenvalue weighted by molar-refractivity contribution is 6.04. The number of amides is 1. The summed E-state index contributed by atoms with van der Waals surface area (Å²) in [6.07, 6.45) is 6.44. The number of H-pyrrole nitrogens is 1. The summed E-state index contributed by atoms with van der Waals surface area (Å²) in [5, 5.41) is 19.2. The standard InChI is InChI=1S/C47H72N6O5/c1-18-20-21-28(19-2)40(54)50-38-36(42(56)58-47(15,16)17)34(26(3)4)32(49-38)24-33-29(25-48)35(39-51-43(46(12,13)14)52-53(33)39)41(55)57-37-30(44(6,7)8)22-27(5)23-31(37)45(9,10)11/h24,26-28,30-31,37,49H,18-23H2,1-17H3,(H,50,54). The molecule has 58 heavy (non-hydrogen) atoms. The van der Waals surface area contributed by atoms with Crippen molar-refractivity contribution < 1.29 is 23.9 Å². The van der Waals surface area contributed by atoms with Crippen LogP contribution in [0.1, 0.15) is 206 Å². The van der Waals surface area contributed by atoms with Gasteiger partial charge in [-0.3, -0.25) is 4.79 Å². The van der Waals surface area contributed by atoms with Crippen LogP contribution in [0, 0.1) is 45.8 Å². The molecule has 0 aromatic carbocycles. The summed E-state index contributed by atoms with van der Waals surface area (Å²) < 4.78 is 14.2. The zero-order valence-corrected chi connectivity index (χ0v) is 38.6. The number of unbranched alkanes of at least 4 members (excludes halogenated alkanes) is 1. The summed E-state index contributed by atoms with van der Waals surface area (Å²) in [5.41, 5.74) is 0.112. The summed E-state index contributed by atoms with van der Waals surface area (Å²) in [5.74, 6) is -0.459. The van der Waals surface area contributed by atoms with Crippen LogP contribution < -0.4 is 10.7 Å². The maximum absolute atomic E-state index is 14.8. The number of aromatic nitrogens is 4. The van der Waals surface area contributed by atoms with Crippen molar-refractivity contribution in [3.05, 3.63) is 39.1 Å². The van der Waals surface area contributed by atoms with Gasteiger partial charge < -0.3 is 19.8 Å². The molecule has 0 radical (unpaired) electrons. The van der Waals surface area contributed by atoms with Crippen molar-refractivity contribution in [3.63, 3.8) is 0 Å². The van der Waals surface area contributed by atoms with Crippen molar-refractivity contribution in [1.29, 1.82) is 5.26 Å². The fraction of sp³-hybridized carbons (Fsp3) is 0.702. The number of hydrogen-bond donors (Lipinski definition) is 2. The number of rotatable bonds is 11. The smallest absolute Gasteiger partial charge is 0.343 e. The molecule has 3 aromatic heterocycles. The Morgan fingerprint density at radius 3 is 2.00 bits per heavy atom. The first kappa shape index (κ1) is 46.5. The Morgan fingerprint density at radius 1 is 0.948 bits per heavy atom. The lowest BCUT2D eigenvalue weighted by atomic mass is 9.59. The summed E-state index contributed by atoms with van der Waals surface area (Å²) in [6, 6.07) is 2.32. The van der Waals surface area contributed by atoms with Crippen LogP contribution >= 0.6 is 0 Å². The van der Waals surface area contributed by atoms with Gasteiger partial charge in [0.15, 0.2) is 11.5 Å². The van der Waals surface area contributed by atoms with E-state index in [9.17, 15) is 19.6 Å². The van der Waals surface area contributed by atoms with Crippen molar-refractivity contribution in [2.75, 3.05) is 5.32 Å². The first-order valence-corrected chi connectivity index (χ1v) is 21.5. The van der Waals surface area contributed by atoms with Crippen LogP contribution in [0.3, 0.4) is 0 Å². The van der Waals surface area contributed by atoms with Crippen LogP contribution in [0.25, 0.3) is 11.7 Å². The van der Waals surface area contributed by atoms with Crippen molar-refractivity contribution in [3.8, 4) is 6.07 Å². The van der Waals surface area contributed by atoms with Crippen LogP contribution in [0.15, 0.2) is 0 Å². The molecule has 0 saturated heterocycles. The fourth-order valence-electron chi connectivity index (χ4n) is 8.51. The molecule has 3 atom stereocenters. The van der Waals surface area contributed by atoms with Gasteiger partial charge >= 0.3 is 11.9 Å². The third-order valence-corrected chi connectivity index (χ3v) is 11.7. The van der Waals surface area contributed by atoms with Gasteiger partial charge in [-0.2, -0.15) is 10.4 Å². The van der Waals surface area contributed by atoms with Gasteiger partial charge in [-0.15, -0.1) is 0 Å². The first-order valence-electron chi connectivity index (χ1n) is 21.5. The first-order chi connectivity index (χ1) is 26.6. The monoisotopic (exact) mass is 801 g/mol. The lowest BCUT2D eigenvalue weighted by Gasteiger charge is -2.50. The molecule has 320 valence electrons. The molecule has 1 aliphatic rings. The Kier molecular flexibility index (Phi) is 13.8. The summed E-state index contributed by atoms with van der Waals surface area (Å²) in [4.78, 5) is 50.9. The van der Waals surface area contributed by atoms with Crippen LogP contribution in [0.5, 0.6) is 0 Å². The van der Waals surface area contributed by atoms with E-state index < -0.39 is 23.0 Å². The second-order valence-corrected chi connectivity index (χ2v) is 21.3. The maximum atomic E-state index is 14.8. The zero-order valence-electron chi connectivity index (χ0n) is 38.6. The Morgan fingerprint density at radius 2 is 1.53 bits per heavy atom. The molecule has 1 amide bonds. The largest absolute Gasteiger partial charge is 0.458 e. The van der Waals surface area contributed by atoms with E-state index in [1.54, 1.807) is 31.4 Å².